The average Bonchev–Trinajstić information content (AvgIpc) is 2.84. The molecule has 126 valence electrons. The second kappa shape index (κ2) is 6.51. The second-order valence-corrected chi connectivity index (χ2v) is 7.89. The first-order valence-electron chi connectivity index (χ1n) is 7.50. The smallest absolute Gasteiger partial charge is 0.242 e. The Labute approximate surface area is 145 Å². The van der Waals surface area contributed by atoms with Gasteiger partial charge in [-0.15, -0.1) is 10.2 Å². The maximum absolute atomic E-state index is 12.4. The van der Waals surface area contributed by atoms with E-state index < -0.39 is 10.0 Å². The molecule has 9 heteroatoms. The quantitative estimate of drug-likeness (QED) is 0.874. The fourth-order valence-electron chi connectivity index (χ4n) is 2.58. The highest BCUT2D eigenvalue weighted by Crippen LogP contribution is 2.35. The van der Waals surface area contributed by atoms with Crippen LogP contribution in [0.25, 0.3) is 0 Å². The van der Waals surface area contributed by atoms with Gasteiger partial charge in [0.25, 0.3) is 0 Å². The molecule has 1 aliphatic carbocycles. The third-order valence-electron chi connectivity index (χ3n) is 4.24. The minimum absolute atomic E-state index is 0.00896. The zero-order valence-corrected chi connectivity index (χ0v) is 14.6. The summed E-state index contributed by atoms with van der Waals surface area (Å²) in [5, 5.41) is 17.1. The van der Waals surface area contributed by atoms with Crippen molar-refractivity contribution in [3.05, 3.63) is 40.4 Å². The molecule has 7 nitrogen and oxygen atoms in total. The van der Waals surface area contributed by atoms with Crippen LogP contribution in [0.4, 0.5) is 0 Å². The van der Waals surface area contributed by atoms with Crippen molar-refractivity contribution in [1.82, 2.24) is 19.5 Å². The molecule has 1 N–H and O–H groups in total. The molecule has 1 heterocycles. The van der Waals surface area contributed by atoms with Gasteiger partial charge in [0.1, 0.15) is 16.5 Å². The van der Waals surface area contributed by atoms with Gasteiger partial charge in [0.2, 0.25) is 10.0 Å². The van der Waals surface area contributed by atoms with Gasteiger partial charge in [-0.25, -0.2) is 13.1 Å². The molecule has 1 aromatic heterocycles. The summed E-state index contributed by atoms with van der Waals surface area (Å²) in [6, 6.07) is 5.97. The minimum atomic E-state index is -3.81. The van der Waals surface area contributed by atoms with Gasteiger partial charge in [0.05, 0.1) is 23.2 Å². The van der Waals surface area contributed by atoms with E-state index >= 15 is 0 Å². The Morgan fingerprint density at radius 1 is 1.42 bits per heavy atom. The van der Waals surface area contributed by atoms with Crippen LogP contribution in [0.15, 0.2) is 23.1 Å². The Morgan fingerprint density at radius 3 is 2.75 bits per heavy atom. The fraction of sp³-hybridized carbons (Fsp3) is 0.400. The number of halogens is 1. The lowest BCUT2D eigenvalue weighted by atomic mass is 9.85. The zero-order chi connectivity index (χ0) is 17.3. The van der Waals surface area contributed by atoms with Crippen LogP contribution < -0.4 is 4.72 Å². The molecule has 0 spiro atoms. The number of nitrogens with one attached hydrogen (secondary N) is 1. The van der Waals surface area contributed by atoms with Gasteiger partial charge in [-0.3, -0.25) is 0 Å². The Morgan fingerprint density at radius 2 is 2.17 bits per heavy atom. The molecular weight excluding hydrogens is 350 g/mol. The van der Waals surface area contributed by atoms with E-state index in [-0.39, 0.29) is 16.5 Å². The minimum Gasteiger partial charge on any atom is -0.317 e. The largest absolute Gasteiger partial charge is 0.317 e. The molecule has 0 unspecified atom stereocenters. The summed E-state index contributed by atoms with van der Waals surface area (Å²) < 4.78 is 29.1. The molecule has 0 bridgehead atoms. The average molecular weight is 366 g/mol. The predicted molar refractivity (Wildman–Crippen MR) is 87.8 cm³/mol. The maximum atomic E-state index is 12.4. The van der Waals surface area contributed by atoms with Crippen molar-refractivity contribution < 1.29 is 8.42 Å². The molecule has 0 atom stereocenters. The summed E-state index contributed by atoms with van der Waals surface area (Å²) in [5.74, 6) is 1.86. The molecule has 0 aliphatic heterocycles. The van der Waals surface area contributed by atoms with Crippen molar-refractivity contribution in [3.8, 4) is 6.07 Å². The molecule has 1 saturated carbocycles. The Balaban J connectivity index is 1.76. The first kappa shape index (κ1) is 16.9. The van der Waals surface area contributed by atoms with E-state index in [4.69, 9.17) is 16.9 Å². The van der Waals surface area contributed by atoms with E-state index in [9.17, 15) is 8.42 Å². The standard InChI is InChI=1S/C15H16ClN5O2S/c1-21-14(19-20-15(21)11-3-2-4-11)9-18-24(22,23)13-6-5-10(8-17)7-12(13)16/h5-7,11,18H,2-4,9H2,1H3. The van der Waals surface area contributed by atoms with Gasteiger partial charge >= 0.3 is 0 Å². The first-order valence-corrected chi connectivity index (χ1v) is 9.36. The highest BCUT2D eigenvalue weighted by molar-refractivity contribution is 7.89. The SMILES string of the molecule is Cn1c(CNS(=O)(=O)c2ccc(C#N)cc2Cl)nnc1C1CCC1. The number of rotatable bonds is 5. The summed E-state index contributed by atoms with van der Waals surface area (Å²) in [4.78, 5) is -0.0652. The van der Waals surface area contributed by atoms with E-state index in [1.165, 1.54) is 24.6 Å². The number of nitrogens with zero attached hydrogens (tertiary/aromatic N) is 4. The number of aromatic nitrogens is 3. The van der Waals surface area contributed by atoms with Crippen molar-refractivity contribution in [1.29, 1.82) is 5.26 Å². The van der Waals surface area contributed by atoms with Crippen LogP contribution in [0.2, 0.25) is 5.02 Å². The number of benzene rings is 1. The molecule has 0 radical (unpaired) electrons. The molecule has 0 amide bonds. The monoisotopic (exact) mass is 365 g/mol. The molecule has 2 aromatic rings. The van der Waals surface area contributed by atoms with E-state index in [0.717, 1.165) is 18.7 Å². The number of sulfonamides is 1. The summed E-state index contributed by atoms with van der Waals surface area (Å²) in [6.07, 6.45) is 3.38. The number of hydrogen-bond donors (Lipinski definition) is 1. The fourth-order valence-corrected chi connectivity index (χ4v) is 4.10. The normalized spacial score (nSPS) is 15.0. The second-order valence-electron chi connectivity index (χ2n) is 5.74. The Hall–Kier alpha value is -1.95. The first-order chi connectivity index (χ1) is 11.4. The van der Waals surface area contributed by atoms with Crippen LogP contribution in [0, 0.1) is 11.3 Å². The zero-order valence-electron chi connectivity index (χ0n) is 13.0. The Bertz CT molecular complexity index is 912. The topological polar surface area (TPSA) is 101 Å². The summed E-state index contributed by atoms with van der Waals surface area (Å²) in [7, 11) is -1.97. The lowest BCUT2D eigenvalue weighted by Gasteiger charge is -2.24. The summed E-state index contributed by atoms with van der Waals surface area (Å²) in [5.41, 5.74) is 0.303. The Kier molecular flexibility index (Phi) is 4.58. The molecule has 1 aromatic carbocycles. The van der Waals surface area contributed by atoms with Crippen LogP contribution in [0.3, 0.4) is 0 Å². The van der Waals surface area contributed by atoms with Gasteiger partial charge in [0.15, 0.2) is 0 Å². The van der Waals surface area contributed by atoms with Gasteiger partial charge < -0.3 is 4.57 Å². The number of hydrogen-bond acceptors (Lipinski definition) is 5. The summed E-state index contributed by atoms with van der Waals surface area (Å²) >= 11 is 5.97. The molecular formula is C15H16ClN5O2S. The van der Waals surface area contributed by atoms with Gasteiger partial charge in [-0.1, -0.05) is 18.0 Å². The highest BCUT2D eigenvalue weighted by atomic mass is 35.5. The molecule has 0 saturated heterocycles. The van der Waals surface area contributed by atoms with E-state index in [0.29, 0.717) is 17.3 Å². The molecule has 1 fully saturated rings. The number of nitriles is 1. The van der Waals surface area contributed by atoms with Gasteiger partial charge in [0, 0.05) is 13.0 Å². The van der Waals surface area contributed by atoms with E-state index in [2.05, 4.69) is 14.9 Å². The van der Waals surface area contributed by atoms with Gasteiger partial charge in [-0.2, -0.15) is 5.26 Å². The van der Waals surface area contributed by atoms with Crippen LogP contribution in [-0.2, 0) is 23.6 Å². The molecule has 24 heavy (non-hydrogen) atoms. The van der Waals surface area contributed by atoms with Crippen molar-refractivity contribution in [3.63, 3.8) is 0 Å². The third kappa shape index (κ3) is 3.15. The van der Waals surface area contributed by atoms with E-state index in [1.54, 1.807) is 0 Å². The predicted octanol–water partition coefficient (Wildman–Crippen LogP) is 2.09. The summed E-state index contributed by atoms with van der Waals surface area (Å²) in [6.45, 7) is 0.0227. The highest BCUT2D eigenvalue weighted by Gasteiger charge is 2.26. The van der Waals surface area contributed by atoms with Crippen LogP contribution in [-0.4, -0.2) is 23.2 Å². The van der Waals surface area contributed by atoms with Crippen molar-refractivity contribution >= 4 is 21.6 Å². The maximum Gasteiger partial charge on any atom is 0.242 e. The van der Waals surface area contributed by atoms with Crippen LogP contribution in [0.1, 0.15) is 42.4 Å². The molecule has 3 rings (SSSR count). The third-order valence-corrected chi connectivity index (χ3v) is 6.12. The van der Waals surface area contributed by atoms with Crippen molar-refractivity contribution in [2.45, 2.75) is 36.6 Å². The van der Waals surface area contributed by atoms with Gasteiger partial charge in [-0.05, 0) is 31.0 Å². The lowest BCUT2D eigenvalue weighted by Crippen LogP contribution is -2.25. The lowest BCUT2D eigenvalue weighted by molar-refractivity contribution is 0.391. The van der Waals surface area contributed by atoms with E-state index in [1.807, 2.05) is 17.7 Å². The molecule has 1 aliphatic rings. The van der Waals surface area contributed by atoms with Crippen LogP contribution in [0.5, 0.6) is 0 Å². The van der Waals surface area contributed by atoms with Crippen molar-refractivity contribution in [2.24, 2.45) is 7.05 Å². The van der Waals surface area contributed by atoms with Crippen LogP contribution >= 0.6 is 11.6 Å². The van der Waals surface area contributed by atoms with Crippen molar-refractivity contribution in [2.75, 3.05) is 0 Å².